The third-order valence-corrected chi connectivity index (χ3v) is 3.38. The fourth-order valence-corrected chi connectivity index (χ4v) is 2.34. The Labute approximate surface area is 111 Å². The van der Waals surface area contributed by atoms with E-state index >= 15 is 0 Å². The number of carboxylic acids is 1. The van der Waals surface area contributed by atoms with Gasteiger partial charge in [-0.1, -0.05) is 0 Å². The molecule has 1 N–H and O–H groups in total. The molecule has 0 spiro atoms. The van der Waals surface area contributed by atoms with Crippen molar-refractivity contribution in [3.63, 3.8) is 0 Å². The van der Waals surface area contributed by atoms with Gasteiger partial charge in [0.25, 0.3) is 0 Å². The van der Waals surface area contributed by atoms with E-state index in [-0.39, 0.29) is 11.9 Å². The third-order valence-electron chi connectivity index (χ3n) is 3.38. The van der Waals surface area contributed by atoms with Gasteiger partial charge in [-0.3, -0.25) is 0 Å². The van der Waals surface area contributed by atoms with Crippen LogP contribution in [0.3, 0.4) is 0 Å². The van der Waals surface area contributed by atoms with Crippen molar-refractivity contribution in [3.8, 4) is 0 Å². The zero-order valence-electron chi connectivity index (χ0n) is 10.9. The summed E-state index contributed by atoms with van der Waals surface area (Å²) >= 11 is 0. The van der Waals surface area contributed by atoms with Crippen molar-refractivity contribution in [2.24, 2.45) is 0 Å². The maximum atomic E-state index is 12.9. The molecule has 1 saturated heterocycles. The molecule has 1 heterocycles. The van der Waals surface area contributed by atoms with E-state index < -0.39 is 12.1 Å². The Morgan fingerprint density at radius 1 is 1.42 bits per heavy atom. The SMILES string of the molecule is CCN(CC1CCC(C(=O)O)O1)c1ccc(F)cc1. The molecule has 1 aromatic carbocycles. The van der Waals surface area contributed by atoms with Crippen LogP contribution < -0.4 is 4.90 Å². The van der Waals surface area contributed by atoms with Crippen molar-refractivity contribution in [1.82, 2.24) is 0 Å². The van der Waals surface area contributed by atoms with Crippen LogP contribution >= 0.6 is 0 Å². The molecule has 19 heavy (non-hydrogen) atoms. The van der Waals surface area contributed by atoms with E-state index in [4.69, 9.17) is 9.84 Å². The molecule has 0 radical (unpaired) electrons. The van der Waals surface area contributed by atoms with Crippen molar-refractivity contribution in [1.29, 1.82) is 0 Å². The van der Waals surface area contributed by atoms with Gasteiger partial charge >= 0.3 is 5.97 Å². The molecular formula is C14H18FNO3. The summed E-state index contributed by atoms with van der Waals surface area (Å²) in [5.74, 6) is -1.16. The Kier molecular flexibility index (Phi) is 4.37. The molecule has 0 aliphatic carbocycles. The minimum atomic E-state index is -0.896. The number of halogens is 1. The maximum Gasteiger partial charge on any atom is 0.332 e. The van der Waals surface area contributed by atoms with Crippen LogP contribution in [0.15, 0.2) is 24.3 Å². The number of hydrogen-bond acceptors (Lipinski definition) is 3. The average molecular weight is 267 g/mol. The van der Waals surface area contributed by atoms with Gasteiger partial charge in [0.15, 0.2) is 6.10 Å². The first-order chi connectivity index (χ1) is 9.10. The molecule has 2 rings (SSSR count). The van der Waals surface area contributed by atoms with Gasteiger partial charge in [-0.05, 0) is 44.0 Å². The Hall–Kier alpha value is -1.62. The summed E-state index contributed by atoms with van der Waals surface area (Å²) in [7, 11) is 0. The highest BCUT2D eigenvalue weighted by molar-refractivity contribution is 5.72. The lowest BCUT2D eigenvalue weighted by Crippen LogP contribution is -2.33. The first-order valence-electron chi connectivity index (χ1n) is 6.49. The number of carbonyl (C=O) groups is 1. The Balaban J connectivity index is 1.96. The van der Waals surface area contributed by atoms with Gasteiger partial charge in [0, 0.05) is 18.8 Å². The summed E-state index contributed by atoms with van der Waals surface area (Å²) < 4.78 is 18.4. The molecule has 104 valence electrons. The summed E-state index contributed by atoms with van der Waals surface area (Å²) in [5.41, 5.74) is 0.922. The van der Waals surface area contributed by atoms with Crippen LogP contribution in [0, 0.1) is 5.82 Å². The molecule has 1 aromatic rings. The molecule has 2 unspecified atom stereocenters. The van der Waals surface area contributed by atoms with Crippen LogP contribution in [0.1, 0.15) is 19.8 Å². The monoisotopic (exact) mass is 267 g/mol. The molecule has 0 aromatic heterocycles. The van der Waals surface area contributed by atoms with E-state index in [0.717, 1.165) is 18.7 Å². The summed E-state index contributed by atoms with van der Waals surface area (Å²) in [6.45, 7) is 3.40. The zero-order valence-corrected chi connectivity index (χ0v) is 10.9. The minimum absolute atomic E-state index is 0.0777. The van der Waals surface area contributed by atoms with Crippen LogP contribution in [0.4, 0.5) is 10.1 Å². The first kappa shape index (κ1) is 13.8. The highest BCUT2D eigenvalue weighted by atomic mass is 19.1. The second-order valence-corrected chi connectivity index (χ2v) is 4.68. The van der Waals surface area contributed by atoms with Crippen molar-refractivity contribution in [3.05, 3.63) is 30.1 Å². The number of likely N-dealkylation sites (N-methyl/N-ethyl adjacent to an activating group) is 1. The van der Waals surface area contributed by atoms with Gasteiger partial charge in [0.1, 0.15) is 5.82 Å². The molecule has 0 bridgehead atoms. The molecular weight excluding hydrogens is 249 g/mol. The summed E-state index contributed by atoms with van der Waals surface area (Å²) in [6.07, 6.45) is 0.540. The smallest absolute Gasteiger partial charge is 0.332 e. The standard InChI is InChI=1S/C14H18FNO3/c1-2-16(11-5-3-10(15)4-6-11)9-12-7-8-13(19-12)14(17)18/h3-6,12-13H,2,7-9H2,1H3,(H,17,18). The number of nitrogens with zero attached hydrogens (tertiary/aromatic N) is 1. The van der Waals surface area contributed by atoms with Gasteiger partial charge in [-0.25, -0.2) is 9.18 Å². The summed E-state index contributed by atoms with van der Waals surface area (Å²) in [5, 5.41) is 8.89. The Morgan fingerprint density at radius 3 is 2.63 bits per heavy atom. The molecule has 0 amide bonds. The van der Waals surface area contributed by atoms with E-state index in [1.165, 1.54) is 12.1 Å². The number of ether oxygens (including phenoxy) is 1. The summed E-state index contributed by atoms with van der Waals surface area (Å²) in [4.78, 5) is 12.9. The van der Waals surface area contributed by atoms with Crippen LogP contribution in [-0.4, -0.2) is 36.4 Å². The maximum absolute atomic E-state index is 12.9. The van der Waals surface area contributed by atoms with Crippen molar-refractivity contribution in [2.45, 2.75) is 32.0 Å². The van der Waals surface area contributed by atoms with Gasteiger partial charge in [0.05, 0.1) is 6.10 Å². The quantitative estimate of drug-likeness (QED) is 0.889. The molecule has 1 aliphatic rings. The van der Waals surface area contributed by atoms with Crippen LogP contribution in [0.25, 0.3) is 0 Å². The highest BCUT2D eigenvalue weighted by Crippen LogP contribution is 2.23. The van der Waals surface area contributed by atoms with E-state index in [2.05, 4.69) is 4.90 Å². The van der Waals surface area contributed by atoms with Crippen LogP contribution in [0.2, 0.25) is 0 Å². The van der Waals surface area contributed by atoms with Crippen molar-refractivity contribution in [2.75, 3.05) is 18.0 Å². The fourth-order valence-electron chi connectivity index (χ4n) is 2.34. The largest absolute Gasteiger partial charge is 0.479 e. The Morgan fingerprint density at radius 2 is 2.11 bits per heavy atom. The molecule has 5 heteroatoms. The van der Waals surface area contributed by atoms with Gasteiger partial charge in [0.2, 0.25) is 0 Å². The van der Waals surface area contributed by atoms with Gasteiger partial charge in [-0.2, -0.15) is 0 Å². The molecule has 4 nitrogen and oxygen atoms in total. The number of anilines is 1. The normalized spacial score (nSPS) is 22.4. The van der Waals surface area contributed by atoms with Crippen molar-refractivity contribution >= 4 is 11.7 Å². The lowest BCUT2D eigenvalue weighted by atomic mass is 10.2. The number of carboxylic acid groups (broad SMARTS) is 1. The number of aliphatic carboxylic acids is 1. The van der Waals surface area contributed by atoms with Gasteiger partial charge < -0.3 is 14.7 Å². The van der Waals surface area contributed by atoms with E-state index in [1.54, 1.807) is 12.1 Å². The second kappa shape index (κ2) is 6.02. The van der Waals surface area contributed by atoms with Gasteiger partial charge in [-0.15, -0.1) is 0 Å². The number of rotatable bonds is 5. The molecule has 1 aliphatic heterocycles. The third kappa shape index (κ3) is 3.44. The average Bonchev–Trinajstić information content (AvgIpc) is 2.86. The predicted molar refractivity (Wildman–Crippen MR) is 69.8 cm³/mol. The fraction of sp³-hybridized carbons (Fsp3) is 0.500. The molecule has 1 fully saturated rings. The molecule has 0 saturated carbocycles. The van der Waals surface area contributed by atoms with Crippen LogP contribution in [-0.2, 0) is 9.53 Å². The number of benzene rings is 1. The van der Waals surface area contributed by atoms with E-state index in [0.29, 0.717) is 13.0 Å². The minimum Gasteiger partial charge on any atom is -0.479 e. The number of hydrogen-bond donors (Lipinski definition) is 1. The second-order valence-electron chi connectivity index (χ2n) is 4.68. The lowest BCUT2D eigenvalue weighted by molar-refractivity contribution is -0.149. The molecule has 2 atom stereocenters. The van der Waals surface area contributed by atoms with E-state index in [1.807, 2.05) is 6.92 Å². The topological polar surface area (TPSA) is 49.8 Å². The van der Waals surface area contributed by atoms with Crippen molar-refractivity contribution < 1.29 is 19.0 Å². The first-order valence-corrected chi connectivity index (χ1v) is 6.49. The lowest BCUT2D eigenvalue weighted by Gasteiger charge is -2.26. The van der Waals surface area contributed by atoms with E-state index in [9.17, 15) is 9.18 Å². The predicted octanol–water partition coefficient (Wildman–Crippen LogP) is 2.28. The summed E-state index contributed by atoms with van der Waals surface area (Å²) in [6, 6.07) is 6.30. The highest BCUT2D eigenvalue weighted by Gasteiger charge is 2.31. The Bertz CT molecular complexity index is 435. The zero-order chi connectivity index (χ0) is 13.8. The van der Waals surface area contributed by atoms with Crippen LogP contribution in [0.5, 0.6) is 0 Å².